The van der Waals surface area contributed by atoms with Gasteiger partial charge in [-0.3, -0.25) is 9.59 Å². The minimum absolute atomic E-state index is 0.0802. The molecule has 0 atom stereocenters. The van der Waals surface area contributed by atoms with Crippen molar-refractivity contribution in [3.63, 3.8) is 0 Å². The van der Waals surface area contributed by atoms with E-state index in [1.54, 1.807) is 4.90 Å². The monoisotopic (exact) mass is 411 g/mol. The van der Waals surface area contributed by atoms with E-state index < -0.39 is 0 Å². The molecule has 0 radical (unpaired) electrons. The van der Waals surface area contributed by atoms with Crippen LogP contribution in [0.3, 0.4) is 0 Å². The van der Waals surface area contributed by atoms with Gasteiger partial charge in [-0.05, 0) is 42.4 Å². The number of nitrogens with zero attached hydrogens (tertiary/aromatic N) is 1. The summed E-state index contributed by atoms with van der Waals surface area (Å²) in [4.78, 5) is 24.4. The number of amides is 1. The highest BCUT2D eigenvalue weighted by Gasteiger charge is 2.28. The number of hydrogen-bond donors (Lipinski definition) is 2. The standard InChI is InChI=1S/C24H29NO5/c1-2-18-19(23(22(28)16-21(18)27)17-8-4-3-5-9-17)10-6-14-30-15-7-12-25-13-11-20(26)24(25)29/h3-5,8-9,16,27-28H,2,6-7,10-15H2,1H3. The van der Waals surface area contributed by atoms with Crippen LogP contribution in [-0.2, 0) is 27.2 Å². The van der Waals surface area contributed by atoms with Gasteiger partial charge in [-0.25, -0.2) is 0 Å². The second-order valence-electron chi connectivity index (χ2n) is 7.50. The summed E-state index contributed by atoms with van der Waals surface area (Å²) in [5.74, 6) is -0.475. The van der Waals surface area contributed by atoms with Gasteiger partial charge in [0.25, 0.3) is 5.91 Å². The SMILES string of the molecule is CCc1c(O)cc(O)c(-c2ccccc2)c1CCCOCCCN1CCC(=O)C1=O. The molecule has 0 unspecified atom stereocenters. The van der Waals surface area contributed by atoms with E-state index in [0.717, 1.165) is 28.7 Å². The van der Waals surface area contributed by atoms with E-state index in [1.807, 2.05) is 37.3 Å². The quantitative estimate of drug-likeness (QED) is 0.462. The Hall–Kier alpha value is -2.86. The largest absolute Gasteiger partial charge is 0.508 e. The maximum Gasteiger partial charge on any atom is 0.290 e. The lowest BCUT2D eigenvalue weighted by molar-refractivity contribution is -0.140. The molecule has 6 nitrogen and oxygen atoms in total. The molecule has 2 N–H and O–H groups in total. The predicted molar refractivity (Wildman–Crippen MR) is 115 cm³/mol. The Balaban J connectivity index is 1.56. The Bertz CT molecular complexity index is 894. The number of hydrogen-bond acceptors (Lipinski definition) is 5. The van der Waals surface area contributed by atoms with Crippen LogP contribution in [-0.4, -0.2) is 53.1 Å². The van der Waals surface area contributed by atoms with Crippen molar-refractivity contribution >= 4 is 11.7 Å². The minimum Gasteiger partial charge on any atom is -0.508 e. The maximum atomic E-state index is 11.6. The highest BCUT2D eigenvalue weighted by molar-refractivity contribution is 6.37. The third-order valence-electron chi connectivity index (χ3n) is 5.49. The number of rotatable bonds is 10. The van der Waals surface area contributed by atoms with E-state index in [-0.39, 0.29) is 23.2 Å². The van der Waals surface area contributed by atoms with Crippen LogP contribution in [0.15, 0.2) is 36.4 Å². The number of likely N-dealkylation sites (tertiary alicyclic amines) is 1. The van der Waals surface area contributed by atoms with Crippen LogP contribution in [0.1, 0.15) is 37.3 Å². The lowest BCUT2D eigenvalue weighted by Gasteiger charge is -2.18. The van der Waals surface area contributed by atoms with Gasteiger partial charge >= 0.3 is 0 Å². The molecule has 2 aromatic rings. The van der Waals surface area contributed by atoms with Gasteiger partial charge in [0.05, 0.1) is 0 Å². The first kappa shape index (κ1) is 21.8. The van der Waals surface area contributed by atoms with Crippen molar-refractivity contribution in [3.8, 4) is 22.6 Å². The number of Topliss-reactive ketones (excluding diaryl/α,β-unsaturated/α-hetero) is 1. The number of phenols is 2. The highest BCUT2D eigenvalue weighted by Crippen LogP contribution is 2.40. The molecule has 6 heteroatoms. The smallest absolute Gasteiger partial charge is 0.290 e. The Morgan fingerprint density at radius 2 is 1.73 bits per heavy atom. The maximum absolute atomic E-state index is 11.6. The molecule has 0 bridgehead atoms. The van der Waals surface area contributed by atoms with Crippen LogP contribution in [0.25, 0.3) is 11.1 Å². The van der Waals surface area contributed by atoms with Crippen LogP contribution >= 0.6 is 0 Å². The van der Waals surface area contributed by atoms with Crippen molar-refractivity contribution in [1.82, 2.24) is 4.90 Å². The molecular formula is C24H29NO5. The fourth-order valence-electron chi connectivity index (χ4n) is 3.99. The first-order valence-electron chi connectivity index (χ1n) is 10.5. The van der Waals surface area contributed by atoms with Gasteiger partial charge in [0.2, 0.25) is 5.78 Å². The van der Waals surface area contributed by atoms with E-state index in [0.29, 0.717) is 52.0 Å². The first-order valence-corrected chi connectivity index (χ1v) is 10.5. The van der Waals surface area contributed by atoms with Crippen LogP contribution in [0.2, 0.25) is 0 Å². The lowest BCUT2D eigenvalue weighted by atomic mass is 9.90. The van der Waals surface area contributed by atoms with E-state index in [2.05, 4.69) is 0 Å². The van der Waals surface area contributed by atoms with Crippen molar-refractivity contribution < 1.29 is 24.5 Å². The summed E-state index contributed by atoms with van der Waals surface area (Å²) in [5, 5.41) is 20.8. The fraction of sp³-hybridized carbons (Fsp3) is 0.417. The van der Waals surface area contributed by atoms with Gasteiger partial charge < -0.3 is 19.8 Å². The number of benzene rings is 2. The number of carbonyl (C=O) groups is 2. The molecule has 0 aliphatic carbocycles. The third-order valence-corrected chi connectivity index (χ3v) is 5.49. The summed E-state index contributed by atoms with van der Waals surface area (Å²) in [7, 11) is 0. The summed E-state index contributed by atoms with van der Waals surface area (Å²) in [5.41, 5.74) is 3.49. The summed E-state index contributed by atoms with van der Waals surface area (Å²) in [6.45, 7) is 4.12. The van der Waals surface area contributed by atoms with E-state index in [1.165, 1.54) is 6.07 Å². The second kappa shape index (κ2) is 10.3. The van der Waals surface area contributed by atoms with Crippen molar-refractivity contribution in [2.45, 2.75) is 39.0 Å². The summed E-state index contributed by atoms with van der Waals surface area (Å²) < 4.78 is 5.71. The summed E-state index contributed by atoms with van der Waals surface area (Å²) in [6.07, 6.45) is 3.11. The van der Waals surface area contributed by atoms with Crippen molar-refractivity contribution in [2.75, 3.05) is 26.3 Å². The van der Waals surface area contributed by atoms with Crippen molar-refractivity contribution in [1.29, 1.82) is 0 Å². The number of phenolic OH excluding ortho intramolecular Hbond substituents is 2. The van der Waals surface area contributed by atoms with Gasteiger partial charge in [0.15, 0.2) is 0 Å². The number of aromatic hydroxyl groups is 2. The fourth-order valence-corrected chi connectivity index (χ4v) is 3.99. The molecule has 160 valence electrons. The molecule has 1 saturated heterocycles. The second-order valence-corrected chi connectivity index (χ2v) is 7.50. The predicted octanol–water partition coefficient (Wildman–Crippen LogP) is 3.47. The Kier molecular flexibility index (Phi) is 7.46. The molecule has 30 heavy (non-hydrogen) atoms. The number of ketones is 1. The molecule has 3 rings (SSSR count). The van der Waals surface area contributed by atoms with E-state index in [9.17, 15) is 19.8 Å². The summed E-state index contributed by atoms with van der Waals surface area (Å²) >= 11 is 0. The Morgan fingerprint density at radius 3 is 2.40 bits per heavy atom. The topological polar surface area (TPSA) is 87.1 Å². The molecule has 2 aromatic carbocycles. The van der Waals surface area contributed by atoms with Crippen molar-refractivity contribution in [2.24, 2.45) is 0 Å². The molecule has 1 fully saturated rings. The third kappa shape index (κ3) is 5.00. The molecular weight excluding hydrogens is 382 g/mol. The molecule has 0 spiro atoms. The van der Waals surface area contributed by atoms with Crippen molar-refractivity contribution in [3.05, 3.63) is 47.5 Å². The molecule has 1 aliphatic rings. The number of ether oxygens (including phenoxy) is 1. The average molecular weight is 411 g/mol. The van der Waals surface area contributed by atoms with Crippen LogP contribution in [0, 0.1) is 0 Å². The molecule has 0 aromatic heterocycles. The zero-order chi connectivity index (χ0) is 21.5. The zero-order valence-corrected chi connectivity index (χ0v) is 17.4. The lowest BCUT2D eigenvalue weighted by Crippen LogP contribution is -2.29. The highest BCUT2D eigenvalue weighted by atomic mass is 16.5. The molecule has 1 amide bonds. The van der Waals surface area contributed by atoms with E-state index >= 15 is 0 Å². The van der Waals surface area contributed by atoms with Gasteiger partial charge in [0, 0.05) is 44.4 Å². The Morgan fingerprint density at radius 1 is 1.00 bits per heavy atom. The van der Waals surface area contributed by atoms with Crippen LogP contribution in [0.5, 0.6) is 11.5 Å². The van der Waals surface area contributed by atoms with Gasteiger partial charge in [-0.2, -0.15) is 0 Å². The zero-order valence-electron chi connectivity index (χ0n) is 17.4. The molecule has 1 aliphatic heterocycles. The number of carbonyl (C=O) groups excluding carboxylic acids is 2. The van der Waals surface area contributed by atoms with Gasteiger partial charge in [0.1, 0.15) is 11.5 Å². The Labute approximate surface area is 177 Å². The van der Waals surface area contributed by atoms with Crippen LogP contribution < -0.4 is 0 Å². The molecule has 0 saturated carbocycles. The van der Waals surface area contributed by atoms with Crippen LogP contribution in [0.4, 0.5) is 0 Å². The normalized spacial score (nSPS) is 14.0. The van der Waals surface area contributed by atoms with E-state index in [4.69, 9.17) is 4.74 Å². The average Bonchev–Trinajstić information content (AvgIpc) is 3.06. The first-order chi connectivity index (χ1) is 14.5. The summed E-state index contributed by atoms with van der Waals surface area (Å²) in [6, 6.07) is 11.1. The molecule has 1 heterocycles. The minimum atomic E-state index is -0.376. The van der Waals surface area contributed by atoms with Gasteiger partial charge in [-0.15, -0.1) is 0 Å². The van der Waals surface area contributed by atoms with Gasteiger partial charge in [-0.1, -0.05) is 37.3 Å².